The number of aliphatic hydroxyl groups is 1. The quantitative estimate of drug-likeness (QED) is 0.445. The van der Waals surface area contributed by atoms with Crippen molar-refractivity contribution in [3.05, 3.63) is 20.3 Å². The van der Waals surface area contributed by atoms with Crippen LogP contribution in [0.3, 0.4) is 0 Å². The van der Waals surface area contributed by atoms with Crippen LogP contribution in [0.2, 0.25) is 0 Å². The monoisotopic (exact) mass is 437 g/mol. The predicted molar refractivity (Wildman–Crippen MR) is 83.1 cm³/mol. The fourth-order valence-electron chi connectivity index (χ4n) is 3.41. The summed E-state index contributed by atoms with van der Waals surface area (Å²) in [4.78, 5) is 21.6. The number of aliphatic hydroxyl groups excluding tert-OH is 1. The first kappa shape index (κ1) is 13.9. The van der Waals surface area contributed by atoms with E-state index in [2.05, 4.69) is 47.2 Å². The molecule has 1 spiro atoms. The van der Waals surface area contributed by atoms with Crippen LogP contribution >= 0.6 is 43.5 Å². The molecule has 4 atom stereocenters. The summed E-state index contributed by atoms with van der Waals surface area (Å²) in [6.07, 6.45) is -0.980. The van der Waals surface area contributed by atoms with Crippen molar-refractivity contribution in [1.82, 2.24) is 15.2 Å². The van der Waals surface area contributed by atoms with Crippen molar-refractivity contribution < 1.29 is 9.90 Å². The zero-order valence-corrected chi connectivity index (χ0v) is 14.3. The van der Waals surface area contributed by atoms with Gasteiger partial charge >= 0.3 is 0 Å². The number of hydrogen-bond acceptors (Lipinski definition) is 5. The highest BCUT2D eigenvalue weighted by atomic mass is 79.9. The topological polar surface area (TPSA) is 107 Å². The van der Waals surface area contributed by atoms with Gasteiger partial charge in [0, 0.05) is 12.1 Å². The number of nitrogens with two attached hydrogens (primary N) is 1. The van der Waals surface area contributed by atoms with Gasteiger partial charge in [-0.2, -0.15) is 0 Å². The van der Waals surface area contributed by atoms with Crippen LogP contribution in [0.5, 0.6) is 0 Å². The van der Waals surface area contributed by atoms with Crippen molar-refractivity contribution >= 4 is 55.3 Å². The SMILES string of the molecule is NC1=NC2c3c([nH]c(Br)c3Br)C(=O)N3C[C@H](Cl)[C@H](O)C23N1. The van der Waals surface area contributed by atoms with Crippen LogP contribution in [0.1, 0.15) is 22.1 Å². The van der Waals surface area contributed by atoms with Crippen molar-refractivity contribution in [2.24, 2.45) is 10.7 Å². The Bertz CT molecular complexity index is 707. The minimum Gasteiger partial charge on any atom is -0.387 e. The third-order valence-electron chi connectivity index (χ3n) is 4.28. The van der Waals surface area contributed by atoms with Gasteiger partial charge in [-0.05, 0) is 31.9 Å². The molecule has 0 radical (unpaired) electrons. The summed E-state index contributed by atoms with van der Waals surface area (Å²) in [7, 11) is 0. The van der Waals surface area contributed by atoms with Gasteiger partial charge in [0.25, 0.3) is 5.91 Å². The van der Waals surface area contributed by atoms with E-state index in [1.165, 1.54) is 4.90 Å². The van der Waals surface area contributed by atoms with Crippen molar-refractivity contribution in [2.45, 2.75) is 23.2 Å². The van der Waals surface area contributed by atoms with E-state index in [4.69, 9.17) is 17.3 Å². The Labute approximate surface area is 141 Å². The number of aliphatic imine (C=N–C) groups is 1. The number of carbonyl (C=O) groups is 1. The number of halogens is 3. The lowest BCUT2D eigenvalue weighted by molar-refractivity contribution is 0.000935. The van der Waals surface area contributed by atoms with E-state index in [1.807, 2.05) is 0 Å². The normalized spacial score (nSPS) is 37.0. The highest BCUT2D eigenvalue weighted by molar-refractivity contribution is 9.13. The van der Waals surface area contributed by atoms with Crippen molar-refractivity contribution in [2.75, 3.05) is 6.54 Å². The largest absolute Gasteiger partial charge is 0.387 e. The van der Waals surface area contributed by atoms with Gasteiger partial charge in [0.05, 0.1) is 14.5 Å². The first-order chi connectivity index (χ1) is 9.87. The maximum atomic E-state index is 12.8. The molecule has 5 N–H and O–H groups in total. The summed E-state index contributed by atoms with van der Waals surface area (Å²) in [6.45, 7) is 0.224. The molecule has 2 unspecified atom stereocenters. The van der Waals surface area contributed by atoms with Gasteiger partial charge < -0.3 is 26.0 Å². The smallest absolute Gasteiger partial charge is 0.272 e. The zero-order valence-electron chi connectivity index (χ0n) is 10.4. The van der Waals surface area contributed by atoms with Gasteiger partial charge in [-0.15, -0.1) is 11.6 Å². The molecule has 112 valence electrons. The Balaban J connectivity index is 2.01. The molecule has 1 aromatic heterocycles. The predicted octanol–water partition coefficient (Wildman–Crippen LogP) is 0.633. The Hall–Kier alpha value is -0.770. The Morgan fingerprint density at radius 1 is 1.52 bits per heavy atom. The third-order valence-corrected chi connectivity index (χ3v) is 6.60. The van der Waals surface area contributed by atoms with Gasteiger partial charge in [0.15, 0.2) is 11.6 Å². The van der Waals surface area contributed by atoms with E-state index in [0.29, 0.717) is 20.3 Å². The average Bonchev–Trinajstić information content (AvgIpc) is 3.00. The first-order valence-electron chi connectivity index (χ1n) is 6.20. The van der Waals surface area contributed by atoms with E-state index < -0.39 is 23.2 Å². The molecule has 0 saturated carbocycles. The molecular weight excluding hydrogens is 429 g/mol. The average molecular weight is 439 g/mol. The number of guanidine groups is 1. The minimum absolute atomic E-state index is 0.180. The number of rotatable bonds is 0. The standard InChI is InChI=1S/C11H10Br2ClN5O2/c12-4-3-5(16-8(4)13)9(21)19-1-2(14)7(20)11(19)6(3)17-10(15)18-11/h2,6-7,16,20H,1H2,(H3,15,17,18)/t2-,6?,7-,11?/m0/s1. The lowest BCUT2D eigenvalue weighted by Crippen LogP contribution is -2.66. The highest BCUT2D eigenvalue weighted by Gasteiger charge is 2.66. The number of aromatic nitrogens is 1. The van der Waals surface area contributed by atoms with Gasteiger partial charge in [0.2, 0.25) is 0 Å². The number of amides is 1. The number of H-pyrrole nitrogens is 1. The molecule has 0 aromatic carbocycles. The highest BCUT2D eigenvalue weighted by Crippen LogP contribution is 2.52. The summed E-state index contributed by atoms with van der Waals surface area (Å²) in [5.74, 6) is -0.0630. The van der Waals surface area contributed by atoms with Crippen LogP contribution in [-0.4, -0.2) is 50.5 Å². The van der Waals surface area contributed by atoms with E-state index in [9.17, 15) is 9.90 Å². The molecule has 3 aliphatic heterocycles. The fourth-order valence-corrected chi connectivity index (χ4v) is 4.67. The van der Waals surface area contributed by atoms with Gasteiger partial charge in [-0.1, -0.05) is 0 Å². The van der Waals surface area contributed by atoms with Crippen LogP contribution in [0.4, 0.5) is 0 Å². The van der Waals surface area contributed by atoms with Crippen molar-refractivity contribution in [3.8, 4) is 0 Å². The summed E-state index contributed by atoms with van der Waals surface area (Å²) >= 11 is 13.0. The molecule has 0 bridgehead atoms. The maximum Gasteiger partial charge on any atom is 0.272 e. The molecule has 3 aliphatic rings. The molecule has 1 fully saturated rings. The second kappa shape index (κ2) is 4.15. The Kier molecular flexibility index (Phi) is 2.74. The Morgan fingerprint density at radius 3 is 2.95 bits per heavy atom. The molecule has 10 heteroatoms. The molecule has 21 heavy (non-hydrogen) atoms. The number of hydrogen-bond donors (Lipinski definition) is 4. The fraction of sp³-hybridized carbons (Fsp3) is 0.455. The maximum absolute atomic E-state index is 12.8. The number of alkyl halides is 1. The number of fused-ring (bicyclic) bond motifs is 2. The molecule has 1 aromatic rings. The lowest BCUT2D eigenvalue weighted by atomic mass is 9.86. The zero-order chi connectivity index (χ0) is 15.1. The number of nitrogens with zero attached hydrogens (tertiary/aromatic N) is 2. The molecule has 4 rings (SSSR count). The summed E-state index contributed by atoms with van der Waals surface area (Å²) in [6, 6.07) is -0.527. The molecule has 1 amide bonds. The van der Waals surface area contributed by atoms with E-state index in [1.54, 1.807) is 0 Å². The minimum atomic E-state index is -1.12. The van der Waals surface area contributed by atoms with Crippen LogP contribution < -0.4 is 11.1 Å². The van der Waals surface area contributed by atoms with E-state index in [-0.39, 0.29) is 18.4 Å². The van der Waals surface area contributed by atoms with Gasteiger partial charge in [-0.3, -0.25) is 4.79 Å². The number of aromatic amines is 1. The van der Waals surface area contributed by atoms with Crippen molar-refractivity contribution in [3.63, 3.8) is 0 Å². The molecule has 7 nitrogen and oxygen atoms in total. The Morgan fingerprint density at radius 2 is 2.24 bits per heavy atom. The summed E-state index contributed by atoms with van der Waals surface area (Å²) in [5.41, 5.74) is 5.79. The van der Waals surface area contributed by atoms with Gasteiger partial charge in [-0.25, -0.2) is 4.99 Å². The van der Waals surface area contributed by atoms with Crippen LogP contribution in [0.25, 0.3) is 0 Å². The van der Waals surface area contributed by atoms with Crippen LogP contribution in [-0.2, 0) is 0 Å². The molecule has 0 aliphatic carbocycles. The third kappa shape index (κ3) is 1.47. The van der Waals surface area contributed by atoms with E-state index >= 15 is 0 Å². The van der Waals surface area contributed by atoms with E-state index in [0.717, 1.165) is 0 Å². The first-order valence-corrected chi connectivity index (χ1v) is 8.22. The van der Waals surface area contributed by atoms with Crippen LogP contribution in [0, 0.1) is 0 Å². The number of nitrogens with one attached hydrogen (secondary N) is 2. The molecular formula is C11H10Br2ClN5O2. The lowest BCUT2D eigenvalue weighted by Gasteiger charge is -2.44. The van der Waals surface area contributed by atoms with Crippen molar-refractivity contribution in [1.29, 1.82) is 0 Å². The number of carbonyl (C=O) groups excluding carboxylic acids is 1. The second-order valence-corrected chi connectivity index (χ2v) is 7.43. The molecule has 1 saturated heterocycles. The molecule has 4 heterocycles. The second-order valence-electron chi connectivity index (χ2n) is 5.29. The summed E-state index contributed by atoms with van der Waals surface area (Å²) < 4.78 is 1.34. The van der Waals surface area contributed by atoms with Gasteiger partial charge in [0.1, 0.15) is 17.8 Å². The van der Waals surface area contributed by atoms with Crippen LogP contribution in [0.15, 0.2) is 14.1 Å². The summed E-state index contributed by atoms with van der Waals surface area (Å²) in [5, 5.41) is 12.9.